The fraction of sp³-hybridized carbons (Fsp3) is 0.481. The average molecular weight is 434 g/mol. The summed E-state index contributed by atoms with van der Waals surface area (Å²) in [6, 6.07) is 15.5. The summed E-state index contributed by atoms with van der Waals surface area (Å²) in [7, 11) is 0. The second kappa shape index (κ2) is 7.65. The van der Waals surface area contributed by atoms with Crippen molar-refractivity contribution in [1.29, 1.82) is 0 Å². The van der Waals surface area contributed by atoms with E-state index in [1.807, 2.05) is 24.3 Å². The van der Waals surface area contributed by atoms with E-state index in [2.05, 4.69) is 43.4 Å². The van der Waals surface area contributed by atoms with E-state index in [0.29, 0.717) is 11.3 Å². The molecule has 1 amide bonds. The van der Waals surface area contributed by atoms with Gasteiger partial charge in [-0.1, -0.05) is 68.8 Å². The first-order chi connectivity index (χ1) is 15.3. The summed E-state index contributed by atoms with van der Waals surface area (Å²) in [5, 5.41) is 12.5. The van der Waals surface area contributed by atoms with Crippen molar-refractivity contribution in [2.75, 3.05) is 6.61 Å². The number of nitrogens with one attached hydrogen (secondary N) is 1. The summed E-state index contributed by atoms with van der Waals surface area (Å²) < 4.78 is 5.59. The number of hydrogen-bond acceptors (Lipinski definition) is 3. The van der Waals surface area contributed by atoms with Crippen molar-refractivity contribution < 1.29 is 19.4 Å². The molecule has 0 spiro atoms. The zero-order valence-corrected chi connectivity index (χ0v) is 18.8. The molecule has 2 aromatic rings. The second-order valence-electron chi connectivity index (χ2n) is 10.6. The van der Waals surface area contributed by atoms with Gasteiger partial charge in [0.1, 0.15) is 12.6 Å². The highest BCUT2D eigenvalue weighted by Crippen LogP contribution is 2.76. The molecule has 2 aromatic carbocycles. The predicted molar refractivity (Wildman–Crippen MR) is 122 cm³/mol. The van der Waals surface area contributed by atoms with Crippen molar-refractivity contribution >= 4 is 12.1 Å². The van der Waals surface area contributed by atoms with Gasteiger partial charge in [0, 0.05) is 11.3 Å². The molecule has 168 valence electrons. The second-order valence-corrected chi connectivity index (χ2v) is 10.6. The van der Waals surface area contributed by atoms with Crippen LogP contribution >= 0.6 is 0 Å². The Morgan fingerprint density at radius 3 is 2.12 bits per heavy atom. The number of hydrogen-bond donors (Lipinski definition) is 2. The van der Waals surface area contributed by atoms with Crippen LogP contribution in [0.1, 0.15) is 63.0 Å². The standard InChI is InChI=1S/C27H31NO4/c1-17(2)11-12-26-14-27(15-26,16-26)23(24(29)30)28-25(31)32-13-22-20-9-5-3-7-18(20)19-8-4-6-10-21(19)22/h3-10,17,22-23H,11-16H2,1-2H3,(H,28,31)(H,29,30). The number of rotatable bonds is 8. The minimum Gasteiger partial charge on any atom is -0.480 e. The monoisotopic (exact) mass is 433 g/mol. The van der Waals surface area contributed by atoms with Crippen molar-refractivity contribution in [3.8, 4) is 11.1 Å². The largest absolute Gasteiger partial charge is 0.480 e. The Hall–Kier alpha value is -2.82. The van der Waals surface area contributed by atoms with Gasteiger partial charge in [-0.3, -0.25) is 0 Å². The third kappa shape index (κ3) is 3.39. The topological polar surface area (TPSA) is 75.6 Å². The number of carboxylic acid groups (broad SMARTS) is 1. The van der Waals surface area contributed by atoms with Gasteiger partial charge in [-0.15, -0.1) is 0 Å². The summed E-state index contributed by atoms with van der Waals surface area (Å²) in [4.78, 5) is 24.6. The van der Waals surface area contributed by atoms with Gasteiger partial charge >= 0.3 is 12.1 Å². The minimum atomic E-state index is -0.962. The lowest BCUT2D eigenvalue weighted by molar-refractivity contribution is -0.228. The molecule has 0 saturated heterocycles. The van der Waals surface area contributed by atoms with Gasteiger partial charge in [-0.2, -0.15) is 0 Å². The third-order valence-electron chi connectivity index (χ3n) is 7.90. The maximum atomic E-state index is 12.6. The summed E-state index contributed by atoms with van der Waals surface area (Å²) in [5.41, 5.74) is 4.63. The van der Waals surface area contributed by atoms with Crippen LogP contribution in [-0.4, -0.2) is 29.8 Å². The number of carbonyl (C=O) groups excluding carboxylic acids is 1. The lowest BCUT2D eigenvalue weighted by atomic mass is 9.32. The number of amides is 1. The Morgan fingerprint density at radius 2 is 1.59 bits per heavy atom. The number of carbonyl (C=O) groups is 2. The molecule has 4 aliphatic carbocycles. The molecule has 5 nitrogen and oxygen atoms in total. The molecule has 2 bridgehead atoms. The first-order valence-electron chi connectivity index (χ1n) is 11.7. The molecule has 32 heavy (non-hydrogen) atoms. The number of ether oxygens (including phenoxy) is 1. The van der Waals surface area contributed by atoms with Gasteiger partial charge in [-0.05, 0) is 59.3 Å². The van der Waals surface area contributed by atoms with Gasteiger partial charge in [0.15, 0.2) is 0 Å². The molecule has 3 saturated carbocycles. The predicted octanol–water partition coefficient (Wildman–Crippen LogP) is 5.58. The van der Waals surface area contributed by atoms with Crippen LogP contribution in [0.15, 0.2) is 48.5 Å². The quantitative estimate of drug-likeness (QED) is 0.569. The molecule has 1 unspecified atom stereocenters. The smallest absolute Gasteiger partial charge is 0.407 e. The highest BCUT2D eigenvalue weighted by molar-refractivity contribution is 5.82. The number of aliphatic carboxylic acids is 1. The summed E-state index contributed by atoms with van der Waals surface area (Å²) >= 11 is 0. The SMILES string of the molecule is CC(C)CCC12CC(C(NC(=O)OCC3c4ccccc4-c4ccccc43)C(=O)O)(C1)C2. The van der Waals surface area contributed by atoms with Crippen LogP contribution in [-0.2, 0) is 9.53 Å². The molecular weight excluding hydrogens is 402 g/mol. The highest BCUT2D eigenvalue weighted by atomic mass is 16.5. The number of fused-ring (bicyclic) bond motifs is 3. The lowest BCUT2D eigenvalue weighted by Crippen LogP contribution is -2.71. The molecule has 2 N–H and O–H groups in total. The average Bonchev–Trinajstić information content (AvgIpc) is 3.03. The first-order valence-corrected chi connectivity index (χ1v) is 11.7. The van der Waals surface area contributed by atoms with Gasteiger partial charge in [0.05, 0.1) is 0 Å². The molecule has 0 radical (unpaired) electrons. The Morgan fingerprint density at radius 1 is 1.03 bits per heavy atom. The van der Waals surface area contributed by atoms with E-state index >= 15 is 0 Å². The maximum Gasteiger partial charge on any atom is 0.407 e. The molecule has 5 heteroatoms. The Labute approximate surface area is 189 Å². The van der Waals surface area contributed by atoms with Crippen LogP contribution in [0.5, 0.6) is 0 Å². The van der Waals surface area contributed by atoms with Crippen LogP contribution in [0.25, 0.3) is 11.1 Å². The van der Waals surface area contributed by atoms with Crippen LogP contribution in [0.4, 0.5) is 4.79 Å². The van der Waals surface area contributed by atoms with E-state index < -0.39 is 18.1 Å². The number of alkyl carbamates (subject to hydrolysis) is 1. The van der Waals surface area contributed by atoms with Crippen LogP contribution in [0, 0.1) is 16.7 Å². The van der Waals surface area contributed by atoms with Crippen molar-refractivity contribution in [2.45, 2.75) is 57.9 Å². The van der Waals surface area contributed by atoms with E-state index in [-0.39, 0.29) is 17.9 Å². The zero-order chi connectivity index (χ0) is 22.5. The molecule has 0 aliphatic heterocycles. The van der Waals surface area contributed by atoms with Crippen molar-refractivity contribution in [3.63, 3.8) is 0 Å². The molecule has 4 aliphatic rings. The zero-order valence-electron chi connectivity index (χ0n) is 18.8. The van der Waals surface area contributed by atoms with E-state index in [0.717, 1.165) is 36.8 Å². The Balaban J connectivity index is 1.21. The highest BCUT2D eigenvalue weighted by Gasteiger charge is 2.71. The van der Waals surface area contributed by atoms with Crippen molar-refractivity contribution in [1.82, 2.24) is 5.32 Å². The molecular formula is C27H31NO4. The van der Waals surface area contributed by atoms with Crippen LogP contribution in [0.3, 0.4) is 0 Å². The van der Waals surface area contributed by atoms with Gasteiger partial charge in [0.25, 0.3) is 0 Å². The Kier molecular flexibility index (Phi) is 5.03. The molecule has 0 heterocycles. The third-order valence-corrected chi connectivity index (χ3v) is 7.90. The fourth-order valence-corrected chi connectivity index (χ4v) is 6.49. The Bertz CT molecular complexity index is 994. The first kappa shape index (κ1) is 21.0. The van der Waals surface area contributed by atoms with E-state index in [1.165, 1.54) is 17.5 Å². The van der Waals surface area contributed by atoms with Crippen LogP contribution < -0.4 is 5.32 Å². The van der Waals surface area contributed by atoms with Crippen LogP contribution in [0.2, 0.25) is 0 Å². The molecule has 1 atom stereocenters. The normalized spacial score (nSPS) is 25.8. The summed E-state index contributed by atoms with van der Waals surface area (Å²) in [6.07, 6.45) is 4.38. The van der Waals surface area contributed by atoms with Gasteiger partial charge < -0.3 is 15.2 Å². The fourth-order valence-electron chi connectivity index (χ4n) is 6.49. The number of carboxylic acids is 1. The molecule has 6 rings (SSSR count). The van der Waals surface area contributed by atoms with Gasteiger partial charge in [0.2, 0.25) is 0 Å². The lowest BCUT2D eigenvalue weighted by Gasteiger charge is -2.73. The van der Waals surface area contributed by atoms with Gasteiger partial charge in [-0.25, -0.2) is 9.59 Å². The molecule has 3 fully saturated rings. The minimum absolute atomic E-state index is 0.0364. The van der Waals surface area contributed by atoms with E-state index in [9.17, 15) is 14.7 Å². The van der Waals surface area contributed by atoms with Crippen molar-refractivity contribution in [2.24, 2.45) is 16.7 Å². The summed E-state index contributed by atoms with van der Waals surface area (Å²) in [6.45, 7) is 4.64. The van der Waals surface area contributed by atoms with Crippen molar-refractivity contribution in [3.05, 3.63) is 59.7 Å². The summed E-state index contributed by atoms with van der Waals surface area (Å²) in [5.74, 6) is -0.337. The maximum absolute atomic E-state index is 12.6. The van der Waals surface area contributed by atoms with E-state index in [1.54, 1.807) is 0 Å². The molecule has 0 aromatic heterocycles. The number of benzene rings is 2. The van der Waals surface area contributed by atoms with E-state index in [4.69, 9.17) is 4.74 Å².